The molecule has 17 heavy (non-hydrogen) atoms. The fourth-order valence-corrected chi connectivity index (χ4v) is 3.30. The number of thiophene rings is 1. The van der Waals surface area contributed by atoms with Crippen molar-refractivity contribution in [3.63, 3.8) is 0 Å². The second-order valence-corrected chi connectivity index (χ2v) is 6.22. The van der Waals surface area contributed by atoms with Crippen LogP contribution in [0.15, 0.2) is 34.1 Å². The summed E-state index contributed by atoms with van der Waals surface area (Å²) in [6.45, 7) is 2.71. The van der Waals surface area contributed by atoms with Crippen LogP contribution in [-0.2, 0) is 11.9 Å². The van der Waals surface area contributed by atoms with Crippen LogP contribution in [0.25, 0.3) is 0 Å². The lowest BCUT2D eigenvalue weighted by Gasteiger charge is -2.13. The SMILES string of the molecule is Cc1cc(Br)cc(CBr)c1OCc1cccs1. The summed E-state index contributed by atoms with van der Waals surface area (Å²) >= 11 is 8.72. The molecule has 2 rings (SSSR count). The Morgan fingerprint density at radius 1 is 1.35 bits per heavy atom. The Balaban J connectivity index is 2.19. The molecule has 0 saturated carbocycles. The van der Waals surface area contributed by atoms with Crippen molar-refractivity contribution < 1.29 is 4.74 Å². The fourth-order valence-electron chi connectivity index (χ4n) is 1.64. The average Bonchev–Trinajstić information content (AvgIpc) is 2.79. The van der Waals surface area contributed by atoms with Crippen LogP contribution in [0.1, 0.15) is 16.0 Å². The predicted octanol–water partition coefficient (Wildman–Crippen LogP) is 5.29. The first-order chi connectivity index (χ1) is 8.20. The first-order valence-corrected chi connectivity index (χ1v) is 8.00. The Kier molecular flexibility index (Phi) is 4.65. The van der Waals surface area contributed by atoms with Gasteiger partial charge in [-0.2, -0.15) is 0 Å². The summed E-state index contributed by atoms with van der Waals surface area (Å²) in [5.41, 5.74) is 2.33. The Morgan fingerprint density at radius 3 is 2.82 bits per heavy atom. The zero-order valence-electron chi connectivity index (χ0n) is 9.37. The van der Waals surface area contributed by atoms with Crippen LogP contribution in [-0.4, -0.2) is 0 Å². The van der Waals surface area contributed by atoms with E-state index in [2.05, 4.69) is 62.4 Å². The van der Waals surface area contributed by atoms with Crippen molar-refractivity contribution in [2.45, 2.75) is 18.9 Å². The van der Waals surface area contributed by atoms with Gasteiger partial charge in [0, 0.05) is 20.2 Å². The van der Waals surface area contributed by atoms with Crippen molar-refractivity contribution in [2.75, 3.05) is 0 Å². The number of halogens is 2. The molecule has 0 spiro atoms. The lowest BCUT2D eigenvalue weighted by molar-refractivity contribution is 0.305. The van der Waals surface area contributed by atoms with Crippen molar-refractivity contribution >= 4 is 43.2 Å². The van der Waals surface area contributed by atoms with E-state index < -0.39 is 0 Å². The van der Waals surface area contributed by atoms with Gasteiger partial charge >= 0.3 is 0 Å². The first-order valence-electron chi connectivity index (χ1n) is 5.21. The van der Waals surface area contributed by atoms with Crippen molar-refractivity contribution in [3.05, 3.63) is 50.1 Å². The minimum atomic E-state index is 0.639. The zero-order valence-corrected chi connectivity index (χ0v) is 13.4. The van der Waals surface area contributed by atoms with Crippen LogP contribution in [0.4, 0.5) is 0 Å². The van der Waals surface area contributed by atoms with E-state index in [1.54, 1.807) is 11.3 Å². The number of ether oxygens (including phenoxy) is 1. The molecule has 4 heteroatoms. The van der Waals surface area contributed by atoms with Gasteiger partial charge in [-0.1, -0.05) is 37.9 Å². The lowest BCUT2D eigenvalue weighted by Crippen LogP contribution is -1.98. The summed E-state index contributed by atoms with van der Waals surface area (Å²) in [7, 11) is 0. The highest BCUT2D eigenvalue weighted by atomic mass is 79.9. The van der Waals surface area contributed by atoms with Crippen LogP contribution < -0.4 is 4.74 Å². The van der Waals surface area contributed by atoms with Gasteiger partial charge in [0.15, 0.2) is 0 Å². The van der Waals surface area contributed by atoms with Crippen molar-refractivity contribution in [1.82, 2.24) is 0 Å². The number of alkyl halides is 1. The largest absolute Gasteiger partial charge is 0.487 e. The van der Waals surface area contributed by atoms with E-state index in [1.807, 2.05) is 6.07 Å². The summed E-state index contributed by atoms with van der Waals surface area (Å²) in [6.07, 6.45) is 0. The number of hydrogen-bond acceptors (Lipinski definition) is 2. The van der Waals surface area contributed by atoms with Gasteiger partial charge in [-0.15, -0.1) is 11.3 Å². The molecule has 0 aliphatic carbocycles. The van der Waals surface area contributed by atoms with E-state index in [1.165, 1.54) is 10.4 Å². The normalized spacial score (nSPS) is 10.5. The van der Waals surface area contributed by atoms with Crippen molar-refractivity contribution in [1.29, 1.82) is 0 Å². The topological polar surface area (TPSA) is 9.23 Å². The second kappa shape index (κ2) is 6.03. The summed E-state index contributed by atoms with van der Waals surface area (Å²) in [6, 6.07) is 8.30. The highest BCUT2D eigenvalue weighted by molar-refractivity contribution is 9.10. The smallest absolute Gasteiger partial charge is 0.126 e. The Morgan fingerprint density at radius 2 is 2.18 bits per heavy atom. The van der Waals surface area contributed by atoms with Crippen molar-refractivity contribution in [2.24, 2.45) is 0 Å². The Hall–Kier alpha value is -0.320. The van der Waals surface area contributed by atoms with Gasteiger partial charge in [-0.05, 0) is 36.1 Å². The van der Waals surface area contributed by atoms with Gasteiger partial charge < -0.3 is 4.74 Å². The van der Waals surface area contributed by atoms with E-state index in [0.29, 0.717) is 6.61 Å². The second-order valence-electron chi connectivity index (χ2n) is 3.71. The molecule has 0 aliphatic rings. The molecule has 0 atom stereocenters. The molecule has 0 aliphatic heterocycles. The van der Waals surface area contributed by atoms with E-state index in [-0.39, 0.29) is 0 Å². The van der Waals surface area contributed by atoms with Gasteiger partial charge in [0.05, 0.1) is 0 Å². The number of rotatable bonds is 4. The van der Waals surface area contributed by atoms with Crippen molar-refractivity contribution in [3.8, 4) is 5.75 Å². The summed E-state index contributed by atoms with van der Waals surface area (Å²) in [4.78, 5) is 1.24. The third kappa shape index (κ3) is 3.33. The molecular weight excluding hydrogens is 364 g/mol. The average molecular weight is 376 g/mol. The summed E-state index contributed by atoms with van der Waals surface area (Å²) in [5.74, 6) is 0.985. The van der Waals surface area contributed by atoms with E-state index in [9.17, 15) is 0 Å². The molecule has 0 amide bonds. The minimum absolute atomic E-state index is 0.639. The molecular formula is C13H12Br2OS. The number of aryl methyl sites for hydroxylation is 1. The van der Waals surface area contributed by atoms with E-state index in [0.717, 1.165) is 21.1 Å². The Labute approximate surface area is 122 Å². The molecule has 0 bridgehead atoms. The van der Waals surface area contributed by atoms with E-state index >= 15 is 0 Å². The maximum Gasteiger partial charge on any atom is 0.126 e. The molecule has 0 unspecified atom stereocenters. The molecule has 1 nitrogen and oxygen atoms in total. The monoisotopic (exact) mass is 374 g/mol. The Bertz CT molecular complexity index is 494. The maximum atomic E-state index is 5.92. The standard InChI is InChI=1S/C13H12Br2OS/c1-9-5-11(15)6-10(7-14)13(9)16-8-12-3-2-4-17-12/h2-6H,7-8H2,1H3. The zero-order chi connectivity index (χ0) is 12.3. The predicted molar refractivity (Wildman–Crippen MR) is 80.2 cm³/mol. The highest BCUT2D eigenvalue weighted by Gasteiger charge is 2.08. The highest BCUT2D eigenvalue weighted by Crippen LogP contribution is 2.30. The van der Waals surface area contributed by atoms with Gasteiger partial charge in [-0.25, -0.2) is 0 Å². The third-order valence-corrected chi connectivity index (χ3v) is 4.31. The minimum Gasteiger partial charge on any atom is -0.487 e. The molecule has 0 saturated heterocycles. The number of benzene rings is 1. The fraction of sp³-hybridized carbons (Fsp3) is 0.231. The van der Waals surface area contributed by atoms with Crippen LogP contribution in [0.2, 0.25) is 0 Å². The van der Waals surface area contributed by atoms with Crippen LogP contribution in [0, 0.1) is 6.92 Å². The molecule has 0 fully saturated rings. The summed E-state index contributed by atoms with van der Waals surface area (Å²) < 4.78 is 7.01. The van der Waals surface area contributed by atoms with Gasteiger partial charge in [-0.3, -0.25) is 0 Å². The quantitative estimate of drug-likeness (QED) is 0.659. The van der Waals surface area contributed by atoms with Crippen LogP contribution in [0.3, 0.4) is 0 Å². The third-order valence-electron chi connectivity index (χ3n) is 2.40. The molecule has 0 radical (unpaired) electrons. The molecule has 0 N–H and O–H groups in total. The van der Waals surface area contributed by atoms with Gasteiger partial charge in [0.2, 0.25) is 0 Å². The molecule has 1 aromatic heterocycles. The number of hydrogen-bond donors (Lipinski definition) is 0. The molecule has 1 aromatic carbocycles. The maximum absolute atomic E-state index is 5.92. The van der Waals surface area contributed by atoms with Crippen LogP contribution >= 0.6 is 43.2 Å². The van der Waals surface area contributed by atoms with Crippen LogP contribution in [0.5, 0.6) is 5.75 Å². The summed E-state index contributed by atoms with van der Waals surface area (Å²) in [5, 5.41) is 2.87. The molecule has 1 heterocycles. The first kappa shape index (κ1) is 13.1. The lowest BCUT2D eigenvalue weighted by atomic mass is 10.1. The van der Waals surface area contributed by atoms with Gasteiger partial charge in [0.25, 0.3) is 0 Å². The molecule has 90 valence electrons. The molecule has 2 aromatic rings. The van der Waals surface area contributed by atoms with E-state index in [4.69, 9.17) is 4.74 Å². The van der Waals surface area contributed by atoms with Gasteiger partial charge in [0.1, 0.15) is 12.4 Å².